The molecular formula is C22H24F4N4O4. The van der Waals surface area contributed by atoms with Crippen LogP contribution in [0.1, 0.15) is 29.8 Å². The number of aryl methyl sites for hydroxylation is 1. The van der Waals surface area contributed by atoms with Gasteiger partial charge in [-0.15, -0.1) is 0 Å². The molecule has 2 aromatic carbocycles. The zero-order chi connectivity index (χ0) is 25.4. The van der Waals surface area contributed by atoms with Gasteiger partial charge in [0.15, 0.2) is 11.9 Å². The lowest BCUT2D eigenvalue weighted by molar-refractivity contribution is -0.189. The van der Waals surface area contributed by atoms with Crippen LogP contribution in [0.2, 0.25) is 0 Å². The Balaban J connectivity index is 2.07. The largest absolute Gasteiger partial charge is 0.480 e. The maximum Gasteiger partial charge on any atom is 0.425 e. The molecule has 0 aliphatic carbocycles. The van der Waals surface area contributed by atoms with Crippen LogP contribution in [0.4, 0.5) is 28.9 Å². The number of aliphatic hydroxyl groups excluding tert-OH is 2. The molecule has 34 heavy (non-hydrogen) atoms. The number of amidine groups is 1. The van der Waals surface area contributed by atoms with E-state index in [1.54, 1.807) is 31.2 Å². The number of ether oxygens (including phenoxy) is 1. The topological polar surface area (TPSA) is 97.6 Å². The first kappa shape index (κ1) is 25.2. The molecule has 0 radical (unpaired) electrons. The third-order valence-electron chi connectivity index (χ3n) is 5.21. The summed E-state index contributed by atoms with van der Waals surface area (Å²) < 4.78 is 59.7. The second-order valence-electron chi connectivity index (χ2n) is 7.81. The lowest BCUT2D eigenvalue weighted by Gasteiger charge is -2.26. The van der Waals surface area contributed by atoms with Crippen LogP contribution >= 0.6 is 0 Å². The Kier molecular flexibility index (Phi) is 7.03. The van der Waals surface area contributed by atoms with Gasteiger partial charge in [-0.05, 0) is 38.5 Å². The molecule has 184 valence electrons. The molecule has 1 amide bonds. The summed E-state index contributed by atoms with van der Waals surface area (Å²) in [6.45, 7) is 3.83. The molecule has 3 N–H and O–H groups in total. The Morgan fingerprint density at radius 2 is 1.88 bits per heavy atom. The van der Waals surface area contributed by atoms with Gasteiger partial charge in [-0.25, -0.2) is 9.40 Å². The maximum atomic E-state index is 15.1. The summed E-state index contributed by atoms with van der Waals surface area (Å²) in [6.07, 6.45) is -9.76. The second kappa shape index (κ2) is 9.47. The zero-order valence-electron chi connectivity index (χ0n) is 18.8. The highest BCUT2D eigenvalue weighted by Crippen LogP contribution is 2.35. The Hall–Kier alpha value is -3.38. The summed E-state index contributed by atoms with van der Waals surface area (Å²) in [5.41, 5.74) is 0.131. The van der Waals surface area contributed by atoms with Crippen LogP contribution in [-0.4, -0.2) is 58.6 Å². The first-order valence-electron chi connectivity index (χ1n) is 10.2. The first-order chi connectivity index (χ1) is 15.8. The number of para-hydroxylation sites is 1. The van der Waals surface area contributed by atoms with E-state index < -0.39 is 53.5 Å². The van der Waals surface area contributed by atoms with Crippen molar-refractivity contribution in [1.82, 2.24) is 4.90 Å². The molecule has 3 atom stereocenters. The minimum Gasteiger partial charge on any atom is -0.480 e. The minimum absolute atomic E-state index is 0.000555. The summed E-state index contributed by atoms with van der Waals surface area (Å²) in [6, 6.07) is 8.25. The fourth-order valence-corrected chi connectivity index (χ4v) is 3.22. The minimum atomic E-state index is -4.76. The van der Waals surface area contributed by atoms with E-state index in [1.165, 1.54) is 14.0 Å². The number of aliphatic hydroxyl groups is 2. The molecule has 1 heterocycles. The maximum absolute atomic E-state index is 15.1. The van der Waals surface area contributed by atoms with Crippen molar-refractivity contribution in [3.63, 3.8) is 0 Å². The van der Waals surface area contributed by atoms with Crippen LogP contribution in [0.3, 0.4) is 0 Å². The number of likely N-dealkylation sites (N-methyl/N-ethyl adjacent to an activating group) is 1. The van der Waals surface area contributed by atoms with E-state index >= 15 is 4.39 Å². The van der Waals surface area contributed by atoms with Gasteiger partial charge in [-0.1, -0.05) is 18.2 Å². The summed E-state index contributed by atoms with van der Waals surface area (Å²) in [7, 11) is 1.39. The fraction of sp³-hybridized carbons (Fsp3) is 0.364. The van der Waals surface area contributed by atoms with Crippen LogP contribution in [0.15, 0.2) is 41.5 Å². The lowest BCUT2D eigenvalue weighted by Crippen LogP contribution is -2.42. The number of hydrogen-bond acceptors (Lipinski definition) is 7. The smallest absolute Gasteiger partial charge is 0.425 e. The highest BCUT2D eigenvalue weighted by atomic mass is 19.4. The summed E-state index contributed by atoms with van der Waals surface area (Å²) in [5.74, 6) is -2.51. The SMILES string of the molecule is Cc1ccccc1NC(=O)c1cc(F)c(N2N=C([C@H](C)O)N(C)C2O)cc1O[C@@H](C)C(F)(F)F. The number of rotatable bonds is 6. The standard InChI is InChI=1S/C22H24F4N4O4/c1-11-7-5-6-8-16(11)27-20(32)14-9-15(23)17(10-18(14)34-13(3)22(24,25)26)30-21(33)29(4)19(28-30)12(2)31/h5-10,12-13,21,31,33H,1-4H3,(H,27,32)/t12-,13-,21?/m0/s1. The second-order valence-corrected chi connectivity index (χ2v) is 7.81. The molecule has 1 aliphatic heterocycles. The van der Waals surface area contributed by atoms with Crippen molar-refractivity contribution < 1.29 is 37.3 Å². The number of hydrazone groups is 1. The van der Waals surface area contributed by atoms with Crippen LogP contribution in [0.25, 0.3) is 0 Å². The number of halogens is 4. The van der Waals surface area contributed by atoms with Crippen LogP contribution < -0.4 is 15.1 Å². The third kappa shape index (κ3) is 5.07. The number of carbonyl (C=O) groups excluding carboxylic acids is 1. The molecule has 8 nitrogen and oxygen atoms in total. The van der Waals surface area contributed by atoms with Crippen molar-refractivity contribution in [3.8, 4) is 5.75 Å². The number of carbonyl (C=O) groups is 1. The normalized spacial score (nSPS) is 17.9. The first-order valence-corrected chi connectivity index (χ1v) is 10.2. The highest BCUT2D eigenvalue weighted by molar-refractivity contribution is 6.07. The average molecular weight is 484 g/mol. The lowest BCUT2D eigenvalue weighted by atomic mass is 10.1. The number of anilines is 2. The third-order valence-corrected chi connectivity index (χ3v) is 5.21. The number of benzene rings is 2. The number of hydrogen-bond donors (Lipinski definition) is 3. The molecule has 1 unspecified atom stereocenters. The van der Waals surface area contributed by atoms with Gasteiger partial charge in [0, 0.05) is 18.8 Å². The van der Waals surface area contributed by atoms with Gasteiger partial charge in [0.2, 0.25) is 6.35 Å². The van der Waals surface area contributed by atoms with Crippen molar-refractivity contribution in [3.05, 3.63) is 53.3 Å². The van der Waals surface area contributed by atoms with E-state index in [9.17, 15) is 28.2 Å². The molecule has 2 aromatic rings. The Labute approximate surface area is 193 Å². The van der Waals surface area contributed by atoms with Crippen molar-refractivity contribution in [2.24, 2.45) is 5.10 Å². The number of alkyl halides is 3. The highest BCUT2D eigenvalue weighted by Gasteiger charge is 2.40. The molecule has 0 fully saturated rings. The van der Waals surface area contributed by atoms with Crippen molar-refractivity contribution in [2.75, 3.05) is 17.4 Å². The molecule has 1 aliphatic rings. The molecular weight excluding hydrogens is 460 g/mol. The van der Waals surface area contributed by atoms with Gasteiger partial charge in [0.25, 0.3) is 5.91 Å². The van der Waals surface area contributed by atoms with E-state index in [2.05, 4.69) is 10.4 Å². The van der Waals surface area contributed by atoms with Crippen LogP contribution in [-0.2, 0) is 0 Å². The molecule has 0 saturated heterocycles. The monoisotopic (exact) mass is 484 g/mol. The quantitative estimate of drug-likeness (QED) is 0.544. The van der Waals surface area contributed by atoms with Crippen molar-refractivity contribution >= 4 is 23.1 Å². The summed E-state index contributed by atoms with van der Waals surface area (Å²) in [5, 5.41) is 27.5. The summed E-state index contributed by atoms with van der Waals surface area (Å²) >= 11 is 0. The number of nitrogens with one attached hydrogen (secondary N) is 1. The van der Waals surface area contributed by atoms with Gasteiger partial charge >= 0.3 is 6.18 Å². The molecule has 0 spiro atoms. The van der Waals surface area contributed by atoms with Crippen LogP contribution in [0, 0.1) is 12.7 Å². The van der Waals surface area contributed by atoms with E-state index in [0.29, 0.717) is 17.3 Å². The van der Waals surface area contributed by atoms with Crippen molar-refractivity contribution in [2.45, 2.75) is 45.5 Å². The Bertz CT molecular complexity index is 1110. The van der Waals surface area contributed by atoms with E-state index in [1.807, 2.05) is 0 Å². The summed E-state index contributed by atoms with van der Waals surface area (Å²) in [4.78, 5) is 14.0. The van der Waals surface area contributed by atoms with Gasteiger partial charge < -0.3 is 25.2 Å². The van der Waals surface area contributed by atoms with Gasteiger partial charge in [-0.2, -0.15) is 18.3 Å². The molecule has 0 bridgehead atoms. The van der Waals surface area contributed by atoms with Gasteiger partial charge in [0.1, 0.15) is 23.4 Å². The van der Waals surface area contributed by atoms with E-state index in [0.717, 1.165) is 22.9 Å². The zero-order valence-corrected chi connectivity index (χ0v) is 18.8. The predicted molar refractivity (Wildman–Crippen MR) is 117 cm³/mol. The number of amides is 1. The molecule has 0 aromatic heterocycles. The Morgan fingerprint density at radius 3 is 2.44 bits per heavy atom. The molecule has 0 saturated carbocycles. The number of nitrogens with zero attached hydrogens (tertiary/aromatic N) is 3. The van der Waals surface area contributed by atoms with Crippen LogP contribution in [0.5, 0.6) is 5.75 Å². The average Bonchev–Trinajstić information content (AvgIpc) is 3.04. The predicted octanol–water partition coefficient (Wildman–Crippen LogP) is 3.44. The fourth-order valence-electron chi connectivity index (χ4n) is 3.22. The van der Waals surface area contributed by atoms with E-state index in [-0.39, 0.29) is 5.84 Å². The van der Waals surface area contributed by atoms with Gasteiger partial charge in [-0.3, -0.25) is 4.79 Å². The molecule has 3 rings (SSSR count). The van der Waals surface area contributed by atoms with Crippen molar-refractivity contribution in [1.29, 1.82) is 0 Å². The van der Waals surface area contributed by atoms with E-state index in [4.69, 9.17) is 4.74 Å². The molecule has 12 heteroatoms. The Morgan fingerprint density at radius 1 is 1.24 bits per heavy atom. The van der Waals surface area contributed by atoms with Gasteiger partial charge in [0.05, 0.1) is 5.56 Å².